The van der Waals surface area contributed by atoms with Gasteiger partial charge in [0.05, 0.1) is 11.7 Å². The van der Waals surface area contributed by atoms with Crippen molar-refractivity contribution in [3.05, 3.63) is 29.6 Å². The van der Waals surface area contributed by atoms with Crippen molar-refractivity contribution in [2.75, 3.05) is 19.0 Å². The van der Waals surface area contributed by atoms with Crippen molar-refractivity contribution >= 4 is 11.7 Å². The van der Waals surface area contributed by atoms with Gasteiger partial charge in [-0.2, -0.15) is 0 Å². The Balaban J connectivity index is 2.82. The van der Waals surface area contributed by atoms with Gasteiger partial charge >= 0.3 is 5.97 Å². The standard InChI is InChI=1S/C11H14FNO3/c1-7(16-2)6-13-10-4-3-8(12)5-9(10)11(14)15/h3-5,7,13H,6H2,1-2H3,(H,14,15). The molecule has 2 N–H and O–H groups in total. The van der Waals surface area contributed by atoms with Crippen molar-refractivity contribution < 1.29 is 19.0 Å². The van der Waals surface area contributed by atoms with Gasteiger partial charge in [-0.1, -0.05) is 0 Å². The number of benzene rings is 1. The molecule has 0 aliphatic carbocycles. The van der Waals surface area contributed by atoms with E-state index in [1.54, 1.807) is 7.11 Å². The highest BCUT2D eigenvalue weighted by atomic mass is 19.1. The van der Waals surface area contributed by atoms with Crippen LogP contribution in [0.4, 0.5) is 10.1 Å². The summed E-state index contributed by atoms with van der Waals surface area (Å²) in [4.78, 5) is 10.9. The highest BCUT2D eigenvalue weighted by molar-refractivity contribution is 5.94. The van der Waals surface area contributed by atoms with Crippen molar-refractivity contribution in [1.82, 2.24) is 0 Å². The summed E-state index contributed by atoms with van der Waals surface area (Å²) in [6.07, 6.45) is -0.0494. The van der Waals surface area contributed by atoms with Gasteiger partial charge in [0, 0.05) is 19.3 Å². The monoisotopic (exact) mass is 227 g/mol. The van der Waals surface area contributed by atoms with E-state index in [2.05, 4.69) is 5.32 Å². The first kappa shape index (κ1) is 12.4. The van der Waals surface area contributed by atoms with Gasteiger partial charge in [0.25, 0.3) is 0 Å². The number of carbonyl (C=O) groups is 1. The van der Waals surface area contributed by atoms with Gasteiger partial charge in [-0.15, -0.1) is 0 Å². The third-order valence-corrected chi connectivity index (χ3v) is 2.19. The minimum Gasteiger partial charge on any atom is -0.478 e. The zero-order chi connectivity index (χ0) is 12.1. The number of aromatic carboxylic acids is 1. The number of anilines is 1. The van der Waals surface area contributed by atoms with E-state index >= 15 is 0 Å². The molecule has 0 spiro atoms. The summed E-state index contributed by atoms with van der Waals surface area (Å²) in [5.74, 6) is -1.73. The van der Waals surface area contributed by atoms with Crippen LogP contribution in [0.15, 0.2) is 18.2 Å². The van der Waals surface area contributed by atoms with Crippen LogP contribution in [0.2, 0.25) is 0 Å². The normalized spacial score (nSPS) is 12.2. The van der Waals surface area contributed by atoms with E-state index in [-0.39, 0.29) is 11.7 Å². The minimum atomic E-state index is -1.16. The number of nitrogens with one attached hydrogen (secondary N) is 1. The molecule has 0 saturated carbocycles. The molecule has 1 rings (SSSR count). The lowest BCUT2D eigenvalue weighted by molar-refractivity contribution is 0.0697. The largest absolute Gasteiger partial charge is 0.478 e. The van der Waals surface area contributed by atoms with Crippen LogP contribution in [0.3, 0.4) is 0 Å². The van der Waals surface area contributed by atoms with Crippen LogP contribution in [0.1, 0.15) is 17.3 Å². The van der Waals surface area contributed by atoms with Gasteiger partial charge in [0.2, 0.25) is 0 Å². The van der Waals surface area contributed by atoms with Crippen LogP contribution in [0.25, 0.3) is 0 Å². The summed E-state index contributed by atoms with van der Waals surface area (Å²) in [5.41, 5.74) is 0.307. The number of carboxylic acid groups (broad SMARTS) is 1. The Labute approximate surface area is 93.0 Å². The zero-order valence-electron chi connectivity index (χ0n) is 9.16. The Morgan fingerprint density at radius 1 is 1.62 bits per heavy atom. The van der Waals surface area contributed by atoms with E-state index in [1.807, 2.05) is 6.92 Å². The molecule has 1 aromatic carbocycles. The van der Waals surface area contributed by atoms with Crippen molar-refractivity contribution in [1.29, 1.82) is 0 Å². The smallest absolute Gasteiger partial charge is 0.337 e. The Hall–Kier alpha value is -1.62. The van der Waals surface area contributed by atoms with Crippen LogP contribution in [-0.2, 0) is 4.74 Å². The lowest BCUT2D eigenvalue weighted by Crippen LogP contribution is -2.19. The summed E-state index contributed by atoms with van der Waals surface area (Å²) < 4.78 is 17.9. The van der Waals surface area contributed by atoms with Crippen LogP contribution in [0, 0.1) is 5.82 Å². The van der Waals surface area contributed by atoms with E-state index in [0.717, 1.165) is 6.07 Å². The predicted molar refractivity (Wildman–Crippen MR) is 58.3 cm³/mol. The maximum Gasteiger partial charge on any atom is 0.337 e. The number of carboxylic acids is 1. The molecule has 0 saturated heterocycles. The summed E-state index contributed by atoms with van der Waals surface area (Å²) in [6.45, 7) is 2.30. The Bertz CT molecular complexity index is 381. The molecule has 1 aromatic rings. The van der Waals surface area contributed by atoms with E-state index in [4.69, 9.17) is 9.84 Å². The molecule has 0 aliphatic heterocycles. The fourth-order valence-corrected chi connectivity index (χ4v) is 1.18. The van der Waals surface area contributed by atoms with Crippen LogP contribution < -0.4 is 5.32 Å². The summed E-state index contributed by atoms with van der Waals surface area (Å²) in [7, 11) is 1.56. The lowest BCUT2D eigenvalue weighted by Gasteiger charge is -2.13. The molecule has 0 heterocycles. The third-order valence-electron chi connectivity index (χ3n) is 2.19. The van der Waals surface area contributed by atoms with E-state index in [1.165, 1.54) is 12.1 Å². The van der Waals surface area contributed by atoms with E-state index in [9.17, 15) is 9.18 Å². The van der Waals surface area contributed by atoms with Crippen molar-refractivity contribution in [2.24, 2.45) is 0 Å². The van der Waals surface area contributed by atoms with Crippen molar-refractivity contribution in [3.8, 4) is 0 Å². The molecule has 1 atom stereocenters. The molecule has 0 radical (unpaired) electrons. The second-order valence-corrected chi connectivity index (χ2v) is 3.42. The highest BCUT2D eigenvalue weighted by Crippen LogP contribution is 2.17. The van der Waals surface area contributed by atoms with Crippen molar-refractivity contribution in [3.63, 3.8) is 0 Å². The molecule has 0 bridgehead atoms. The number of ether oxygens (including phenoxy) is 1. The van der Waals surface area contributed by atoms with Gasteiger partial charge < -0.3 is 15.2 Å². The Morgan fingerprint density at radius 2 is 2.31 bits per heavy atom. The molecule has 4 nitrogen and oxygen atoms in total. The highest BCUT2D eigenvalue weighted by Gasteiger charge is 2.11. The number of halogens is 1. The number of methoxy groups -OCH3 is 1. The van der Waals surface area contributed by atoms with Gasteiger partial charge in [-0.05, 0) is 25.1 Å². The number of hydrogen-bond donors (Lipinski definition) is 2. The topological polar surface area (TPSA) is 58.6 Å². The molecule has 5 heteroatoms. The molecule has 0 aromatic heterocycles. The van der Waals surface area contributed by atoms with Crippen LogP contribution in [0.5, 0.6) is 0 Å². The van der Waals surface area contributed by atoms with E-state index < -0.39 is 11.8 Å². The average Bonchev–Trinajstić information content (AvgIpc) is 2.26. The maximum absolute atomic E-state index is 12.9. The summed E-state index contributed by atoms with van der Waals surface area (Å²) in [5, 5.41) is 11.8. The SMILES string of the molecule is COC(C)CNc1ccc(F)cc1C(=O)O. The molecule has 88 valence electrons. The quantitative estimate of drug-likeness (QED) is 0.807. The van der Waals surface area contributed by atoms with Gasteiger partial charge in [0.15, 0.2) is 0 Å². The second kappa shape index (κ2) is 5.46. The second-order valence-electron chi connectivity index (χ2n) is 3.42. The van der Waals surface area contributed by atoms with Crippen LogP contribution in [-0.4, -0.2) is 30.8 Å². The predicted octanol–water partition coefficient (Wildman–Crippen LogP) is 1.97. The molecular formula is C11H14FNO3. The first-order chi connectivity index (χ1) is 7.54. The molecule has 0 aliphatic rings. The minimum absolute atomic E-state index is 0.0494. The zero-order valence-corrected chi connectivity index (χ0v) is 9.16. The fraction of sp³-hybridized carbons (Fsp3) is 0.364. The Morgan fingerprint density at radius 3 is 2.88 bits per heavy atom. The molecular weight excluding hydrogens is 213 g/mol. The van der Waals surface area contributed by atoms with Crippen LogP contribution >= 0.6 is 0 Å². The number of rotatable bonds is 5. The average molecular weight is 227 g/mol. The van der Waals surface area contributed by atoms with Gasteiger partial charge in [-0.25, -0.2) is 9.18 Å². The fourth-order valence-electron chi connectivity index (χ4n) is 1.18. The van der Waals surface area contributed by atoms with Gasteiger partial charge in [-0.3, -0.25) is 0 Å². The van der Waals surface area contributed by atoms with Gasteiger partial charge in [0.1, 0.15) is 5.82 Å². The van der Waals surface area contributed by atoms with E-state index in [0.29, 0.717) is 12.2 Å². The lowest BCUT2D eigenvalue weighted by atomic mass is 10.1. The third kappa shape index (κ3) is 3.20. The first-order valence-electron chi connectivity index (χ1n) is 4.84. The molecule has 1 unspecified atom stereocenters. The maximum atomic E-state index is 12.9. The number of hydrogen-bond acceptors (Lipinski definition) is 3. The van der Waals surface area contributed by atoms with Crippen molar-refractivity contribution in [2.45, 2.75) is 13.0 Å². The molecule has 16 heavy (non-hydrogen) atoms. The molecule has 0 amide bonds. The summed E-state index contributed by atoms with van der Waals surface area (Å²) in [6, 6.07) is 3.61. The molecule has 0 fully saturated rings. The Kier molecular flexibility index (Phi) is 4.25. The first-order valence-corrected chi connectivity index (χ1v) is 4.84. The summed E-state index contributed by atoms with van der Waals surface area (Å²) >= 11 is 0.